The van der Waals surface area contributed by atoms with Crippen molar-refractivity contribution in [3.8, 4) is 0 Å². The van der Waals surface area contributed by atoms with E-state index in [0.29, 0.717) is 6.54 Å². The summed E-state index contributed by atoms with van der Waals surface area (Å²) in [4.78, 5) is 11.7. The van der Waals surface area contributed by atoms with Gasteiger partial charge in [-0.05, 0) is 26.7 Å². The molecule has 90 valence electrons. The van der Waals surface area contributed by atoms with Crippen molar-refractivity contribution in [3.63, 3.8) is 0 Å². The van der Waals surface area contributed by atoms with Gasteiger partial charge in [0.05, 0.1) is 5.60 Å². The molecule has 0 spiro atoms. The molecule has 0 fully saturated rings. The van der Waals surface area contributed by atoms with Crippen molar-refractivity contribution in [3.05, 3.63) is 0 Å². The predicted octanol–water partition coefficient (Wildman–Crippen LogP) is 2.09. The van der Waals surface area contributed by atoms with Gasteiger partial charge in [-0.15, -0.1) is 0 Å². The van der Waals surface area contributed by atoms with Crippen LogP contribution in [-0.2, 0) is 4.79 Å². The number of hydrogen-bond acceptors (Lipinski definition) is 2. The molecule has 0 heterocycles. The van der Waals surface area contributed by atoms with Crippen LogP contribution in [0.4, 0.5) is 0 Å². The van der Waals surface area contributed by atoms with Gasteiger partial charge in [0.25, 0.3) is 0 Å². The molecule has 3 nitrogen and oxygen atoms in total. The fourth-order valence-electron chi connectivity index (χ4n) is 1.42. The van der Waals surface area contributed by atoms with E-state index in [1.807, 2.05) is 6.92 Å². The molecule has 0 aromatic rings. The Kier molecular flexibility index (Phi) is 6.57. The first-order valence-corrected chi connectivity index (χ1v) is 5.90. The Hall–Kier alpha value is -0.570. The minimum atomic E-state index is -0.821. The fraction of sp³-hybridized carbons (Fsp3) is 0.917. The van der Waals surface area contributed by atoms with Crippen LogP contribution in [0.25, 0.3) is 0 Å². The highest BCUT2D eigenvalue weighted by molar-refractivity contribution is 5.78. The van der Waals surface area contributed by atoms with Gasteiger partial charge in [-0.25, -0.2) is 0 Å². The van der Waals surface area contributed by atoms with E-state index in [0.717, 1.165) is 25.7 Å². The summed E-state index contributed by atoms with van der Waals surface area (Å²) in [5.41, 5.74) is -0.821. The lowest BCUT2D eigenvalue weighted by atomic mass is 9.98. The number of carbonyl (C=O) groups excluding carboxylic acids is 1. The van der Waals surface area contributed by atoms with Crippen LogP contribution in [0.5, 0.6) is 0 Å². The lowest BCUT2D eigenvalue weighted by Crippen LogP contribution is -2.40. The molecule has 1 amide bonds. The Labute approximate surface area is 93.3 Å². The van der Waals surface area contributed by atoms with E-state index >= 15 is 0 Å². The van der Waals surface area contributed by atoms with Crippen LogP contribution in [-0.4, -0.2) is 23.2 Å². The standard InChI is InChI=1S/C12H25NO2/c1-5-7-8-10(6-2)11(14)13-9-12(3,4)15/h10,15H,5-9H2,1-4H3,(H,13,14). The summed E-state index contributed by atoms with van der Waals surface area (Å²) < 4.78 is 0. The largest absolute Gasteiger partial charge is 0.389 e. The van der Waals surface area contributed by atoms with E-state index in [2.05, 4.69) is 12.2 Å². The van der Waals surface area contributed by atoms with Gasteiger partial charge in [-0.1, -0.05) is 26.7 Å². The van der Waals surface area contributed by atoms with Gasteiger partial charge in [-0.2, -0.15) is 0 Å². The highest BCUT2D eigenvalue weighted by Crippen LogP contribution is 2.12. The van der Waals surface area contributed by atoms with Crippen molar-refractivity contribution < 1.29 is 9.90 Å². The Morgan fingerprint density at radius 1 is 1.40 bits per heavy atom. The highest BCUT2D eigenvalue weighted by Gasteiger charge is 2.19. The van der Waals surface area contributed by atoms with Crippen LogP contribution in [0.3, 0.4) is 0 Å². The van der Waals surface area contributed by atoms with Crippen molar-refractivity contribution in [2.75, 3.05) is 6.54 Å². The molecule has 1 atom stereocenters. The molecular formula is C12H25NO2. The van der Waals surface area contributed by atoms with Crippen LogP contribution in [0, 0.1) is 5.92 Å². The zero-order valence-electron chi connectivity index (χ0n) is 10.5. The summed E-state index contributed by atoms with van der Waals surface area (Å²) in [5.74, 6) is 0.181. The summed E-state index contributed by atoms with van der Waals surface area (Å²) >= 11 is 0. The zero-order valence-corrected chi connectivity index (χ0v) is 10.5. The summed E-state index contributed by atoms with van der Waals surface area (Å²) in [7, 11) is 0. The summed E-state index contributed by atoms with van der Waals surface area (Å²) in [6.07, 6.45) is 4.03. The molecule has 0 aliphatic heterocycles. The van der Waals surface area contributed by atoms with Crippen LogP contribution in [0.15, 0.2) is 0 Å². The van der Waals surface area contributed by atoms with Gasteiger partial charge < -0.3 is 10.4 Å². The lowest BCUT2D eigenvalue weighted by Gasteiger charge is -2.20. The molecule has 0 aliphatic carbocycles. The molecule has 1 unspecified atom stereocenters. The number of rotatable bonds is 7. The Bertz CT molecular complexity index is 185. The quantitative estimate of drug-likeness (QED) is 0.683. The predicted molar refractivity (Wildman–Crippen MR) is 62.6 cm³/mol. The second-order valence-corrected chi connectivity index (χ2v) is 4.78. The minimum Gasteiger partial charge on any atom is -0.389 e. The van der Waals surface area contributed by atoms with Crippen molar-refractivity contribution in [2.24, 2.45) is 5.92 Å². The number of aliphatic hydroxyl groups is 1. The maximum Gasteiger partial charge on any atom is 0.223 e. The van der Waals surface area contributed by atoms with Gasteiger partial charge in [0.15, 0.2) is 0 Å². The molecule has 0 bridgehead atoms. The van der Waals surface area contributed by atoms with E-state index in [-0.39, 0.29) is 11.8 Å². The van der Waals surface area contributed by atoms with Crippen LogP contribution < -0.4 is 5.32 Å². The Morgan fingerprint density at radius 2 is 2.00 bits per heavy atom. The van der Waals surface area contributed by atoms with E-state index in [4.69, 9.17) is 0 Å². The number of amides is 1. The first-order chi connectivity index (χ1) is 6.90. The van der Waals surface area contributed by atoms with Gasteiger partial charge in [0, 0.05) is 12.5 Å². The molecule has 3 heteroatoms. The van der Waals surface area contributed by atoms with Gasteiger partial charge >= 0.3 is 0 Å². The third-order valence-corrected chi connectivity index (χ3v) is 2.46. The van der Waals surface area contributed by atoms with Crippen LogP contribution in [0.1, 0.15) is 53.4 Å². The summed E-state index contributed by atoms with van der Waals surface area (Å²) in [6, 6.07) is 0. The molecule has 0 rings (SSSR count). The maximum absolute atomic E-state index is 11.7. The SMILES string of the molecule is CCCCC(CC)C(=O)NCC(C)(C)O. The monoisotopic (exact) mass is 215 g/mol. The average Bonchev–Trinajstić information content (AvgIpc) is 2.15. The van der Waals surface area contributed by atoms with Gasteiger partial charge in [0.1, 0.15) is 0 Å². The number of carbonyl (C=O) groups is 1. The normalized spacial score (nSPS) is 13.7. The third-order valence-electron chi connectivity index (χ3n) is 2.46. The highest BCUT2D eigenvalue weighted by atomic mass is 16.3. The number of unbranched alkanes of at least 4 members (excludes halogenated alkanes) is 1. The summed E-state index contributed by atoms with van der Waals surface area (Å²) in [6.45, 7) is 7.88. The molecular weight excluding hydrogens is 190 g/mol. The molecule has 0 aliphatic rings. The topological polar surface area (TPSA) is 49.3 Å². The lowest BCUT2D eigenvalue weighted by molar-refractivity contribution is -0.126. The second-order valence-electron chi connectivity index (χ2n) is 4.78. The van der Waals surface area contributed by atoms with Crippen molar-refractivity contribution in [2.45, 2.75) is 59.0 Å². The van der Waals surface area contributed by atoms with Crippen molar-refractivity contribution in [1.82, 2.24) is 5.32 Å². The molecule has 0 aromatic carbocycles. The zero-order chi connectivity index (χ0) is 11.9. The van der Waals surface area contributed by atoms with Crippen LogP contribution in [0.2, 0.25) is 0 Å². The van der Waals surface area contributed by atoms with Crippen molar-refractivity contribution >= 4 is 5.91 Å². The molecule has 15 heavy (non-hydrogen) atoms. The average molecular weight is 215 g/mol. The number of nitrogens with one attached hydrogen (secondary N) is 1. The van der Waals surface area contributed by atoms with E-state index in [9.17, 15) is 9.90 Å². The minimum absolute atomic E-state index is 0.0769. The van der Waals surface area contributed by atoms with Crippen molar-refractivity contribution in [1.29, 1.82) is 0 Å². The van der Waals surface area contributed by atoms with E-state index in [1.54, 1.807) is 13.8 Å². The smallest absolute Gasteiger partial charge is 0.223 e. The second kappa shape index (κ2) is 6.83. The first kappa shape index (κ1) is 14.4. The fourth-order valence-corrected chi connectivity index (χ4v) is 1.42. The Morgan fingerprint density at radius 3 is 2.40 bits per heavy atom. The molecule has 0 radical (unpaired) electrons. The van der Waals surface area contributed by atoms with Gasteiger partial charge in [0.2, 0.25) is 5.91 Å². The van der Waals surface area contributed by atoms with Crippen LogP contribution >= 0.6 is 0 Å². The third kappa shape index (κ3) is 7.37. The molecule has 0 aromatic heterocycles. The van der Waals surface area contributed by atoms with E-state index in [1.165, 1.54) is 0 Å². The maximum atomic E-state index is 11.7. The summed E-state index contributed by atoms with van der Waals surface area (Å²) in [5, 5.41) is 12.3. The van der Waals surface area contributed by atoms with E-state index < -0.39 is 5.60 Å². The molecule has 0 saturated heterocycles. The molecule has 0 saturated carbocycles. The Balaban J connectivity index is 3.94. The van der Waals surface area contributed by atoms with Gasteiger partial charge in [-0.3, -0.25) is 4.79 Å². The number of hydrogen-bond donors (Lipinski definition) is 2. The first-order valence-electron chi connectivity index (χ1n) is 5.90. The molecule has 2 N–H and O–H groups in total.